The summed E-state index contributed by atoms with van der Waals surface area (Å²) in [6.45, 7) is 1.55. The van der Waals surface area contributed by atoms with Crippen molar-refractivity contribution in [1.29, 1.82) is 0 Å². The van der Waals surface area contributed by atoms with Crippen LogP contribution in [0.2, 0.25) is 0 Å². The van der Waals surface area contributed by atoms with Crippen LogP contribution in [0.1, 0.15) is 59.9 Å². The third kappa shape index (κ3) is 3.98. The number of hydrogen-bond acceptors (Lipinski definition) is 6. The summed E-state index contributed by atoms with van der Waals surface area (Å²) >= 11 is 0. The predicted molar refractivity (Wildman–Crippen MR) is 97.4 cm³/mol. The first-order chi connectivity index (χ1) is 12.7. The van der Waals surface area contributed by atoms with Crippen LogP contribution in [-0.4, -0.2) is 43.8 Å². The molecule has 2 aromatic rings. The zero-order valence-corrected chi connectivity index (χ0v) is 14.8. The molecule has 2 aromatic heterocycles. The zero-order chi connectivity index (χ0) is 17.9. The molecule has 2 N–H and O–H groups in total. The van der Waals surface area contributed by atoms with E-state index in [1.165, 1.54) is 12.8 Å². The van der Waals surface area contributed by atoms with Crippen LogP contribution in [0.15, 0.2) is 24.8 Å². The van der Waals surface area contributed by atoms with Gasteiger partial charge in [-0.05, 0) is 44.4 Å². The van der Waals surface area contributed by atoms with E-state index in [9.17, 15) is 4.79 Å². The van der Waals surface area contributed by atoms with Gasteiger partial charge in [0.15, 0.2) is 0 Å². The minimum Gasteiger partial charge on any atom is -0.382 e. The highest BCUT2D eigenvalue weighted by Gasteiger charge is 2.27. The number of aromatic nitrogens is 4. The molecule has 2 fully saturated rings. The second kappa shape index (κ2) is 7.35. The summed E-state index contributed by atoms with van der Waals surface area (Å²) in [5.74, 6) is 2.39. The van der Waals surface area contributed by atoms with Crippen molar-refractivity contribution < 1.29 is 4.79 Å². The van der Waals surface area contributed by atoms with Crippen LogP contribution in [0.25, 0.3) is 0 Å². The van der Waals surface area contributed by atoms with Gasteiger partial charge >= 0.3 is 0 Å². The fourth-order valence-corrected chi connectivity index (χ4v) is 3.52. The summed E-state index contributed by atoms with van der Waals surface area (Å²) in [4.78, 5) is 31.9. The number of likely N-dealkylation sites (tertiary alicyclic amines) is 1. The first-order valence-electron chi connectivity index (χ1n) is 9.36. The highest BCUT2D eigenvalue weighted by molar-refractivity contribution is 5.93. The number of nitrogens with two attached hydrogens (primary N) is 1. The lowest BCUT2D eigenvalue weighted by molar-refractivity contribution is 0.0759. The summed E-state index contributed by atoms with van der Waals surface area (Å²) < 4.78 is 0. The molecule has 2 aliphatic rings. The molecule has 136 valence electrons. The molecule has 0 spiro atoms. The lowest BCUT2D eigenvalue weighted by Crippen LogP contribution is -2.32. The van der Waals surface area contributed by atoms with Crippen LogP contribution < -0.4 is 5.73 Å². The number of nitrogens with zero attached hydrogens (tertiary/aromatic N) is 5. The van der Waals surface area contributed by atoms with Gasteiger partial charge < -0.3 is 10.6 Å². The Morgan fingerprint density at radius 3 is 2.50 bits per heavy atom. The average molecular weight is 352 g/mol. The smallest absolute Gasteiger partial charge is 0.256 e. The fraction of sp³-hybridized carbons (Fsp3) is 0.526. The Morgan fingerprint density at radius 1 is 1.00 bits per heavy atom. The van der Waals surface area contributed by atoms with Crippen LogP contribution in [0.5, 0.6) is 0 Å². The minimum atomic E-state index is 0.0419. The van der Waals surface area contributed by atoms with Gasteiger partial charge in [0.25, 0.3) is 5.91 Å². The number of carbonyl (C=O) groups excluding carboxylic acids is 1. The van der Waals surface area contributed by atoms with E-state index in [4.69, 9.17) is 5.73 Å². The molecule has 4 rings (SSSR count). The van der Waals surface area contributed by atoms with Crippen molar-refractivity contribution in [2.45, 2.75) is 44.4 Å². The van der Waals surface area contributed by atoms with Crippen molar-refractivity contribution in [1.82, 2.24) is 24.8 Å². The van der Waals surface area contributed by atoms with Crippen LogP contribution >= 0.6 is 0 Å². The second-order valence-corrected chi connectivity index (χ2v) is 7.33. The van der Waals surface area contributed by atoms with E-state index in [-0.39, 0.29) is 5.91 Å². The molecule has 0 radical (unpaired) electrons. The molecule has 1 atom stereocenters. The lowest BCUT2D eigenvalue weighted by atomic mass is 9.95. The molecule has 1 aliphatic heterocycles. The monoisotopic (exact) mass is 352 g/mol. The fourth-order valence-electron chi connectivity index (χ4n) is 3.52. The SMILES string of the molecule is Nc1cnc(CC2CCCN(C(=O)c3cnc(C4CC4)nc3)CC2)cn1. The summed E-state index contributed by atoms with van der Waals surface area (Å²) in [6, 6.07) is 0. The summed E-state index contributed by atoms with van der Waals surface area (Å²) in [6.07, 6.45) is 13.0. The molecule has 3 heterocycles. The lowest BCUT2D eigenvalue weighted by Gasteiger charge is -2.20. The molecular formula is C19H24N6O. The molecule has 0 aromatic carbocycles. The number of amides is 1. The zero-order valence-electron chi connectivity index (χ0n) is 14.8. The van der Waals surface area contributed by atoms with Gasteiger partial charge in [-0.2, -0.15) is 0 Å². The first kappa shape index (κ1) is 16.9. The summed E-state index contributed by atoms with van der Waals surface area (Å²) in [5.41, 5.74) is 7.15. The Balaban J connectivity index is 1.35. The van der Waals surface area contributed by atoms with Crippen LogP contribution in [0.3, 0.4) is 0 Å². The minimum absolute atomic E-state index is 0.0419. The third-order valence-electron chi connectivity index (χ3n) is 5.22. The summed E-state index contributed by atoms with van der Waals surface area (Å²) in [5, 5.41) is 0. The summed E-state index contributed by atoms with van der Waals surface area (Å²) in [7, 11) is 0. The van der Waals surface area contributed by atoms with Crippen molar-refractivity contribution in [3.8, 4) is 0 Å². The maximum absolute atomic E-state index is 12.8. The van der Waals surface area contributed by atoms with Crippen molar-refractivity contribution in [2.75, 3.05) is 18.8 Å². The van der Waals surface area contributed by atoms with Crippen LogP contribution in [0.4, 0.5) is 5.82 Å². The van der Waals surface area contributed by atoms with Gasteiger partial charge in [-0.25, -0.2) is 15.0 Å². The molecule has 1 saturated heterocycles. The standard InChI is InChI=1S/C19H24N6O/c20-17-12-21-16(11-22-17)8-13-2-1-6-25(7-5-13)19(26)15-9-23-18(24-10-15)14-3-4-14/h9-14H,1-8H2,(H2,20,22). The van der Waals surface area contributed by atoms with Gasteiger partial charge in [-0.15, -0.1) is 0 Å². The van der Waals surface area contributed by atoms with Crippen molar-refractivity contribution in [3.63, 3.8) is 0 Å². The number of nitrogen functional groups attached to an aromatic ring is 1. The Labute approximate surface area is 153 Å². The molecule has 7 nitrogen and oxygen atoms in total. The van der Waals surface area contributed by atoms with Crippen molar-refractivity contribution >= 4 is 11.7 Å². The largest absolute Gasteiger partial charge is 0.382 e. The Morgan fingerprint density at radius 2 is 1.81 bits per heavy atom. The Bertz CT molecular complexity index is 757. The van der Waals surface area contributed by atoms with Crippen LogP contribution in [-0.2, 0) is 6.42 Å². The maximum atomic E-state index is 12.8. The molecule has 0 bridgehead atoms. The number of carbonyl (C=O) groups is 1. The predicted octanol–water partition coefficient (Wildman–Crippen LogP) is 2.21. The van der Waals surface area contributed by atoms with Gasteiger partial charge in [0.2, 0.25) is 0 Å². The van der Waals surface area contributed by atoms with E-state index in [0.717, 1.165) is 50.3 Å². The Kier molecular flexibility index (Phi) is 4.77. The molecule has 1 amide bonds. The van der Waals surface area contributed by atoms with E-state index < -0.39 is 0 Å². The van der Waals surface area contributed by atoms with E-state index in [1.807, 2.05) is 4.90 Å². The van der Waals surface area contributed by atoms with Crippen LogP contribution in [0, 0.1) is 5.92 Å². The second-order valence-electron chi connectivity index (χ2n) is 7.33. The van der Waals surface area contributed by atoms with E-state index in [1.54, 1.807) is 24.8 Å². The number of rotatable bonds is 4. The Hall–Kier alpha value is -2.57. The highest BCUT2D eigenvalue weighted by Crippen LogP contribution is 2.37. The van der Waals surface area contributed by atoms with Gasteiger partial charge in [0.1, 0.15) is 11.6 Å². The van der Waals surface area contributed by atoms with Gasteiger partial charge in [0.05, 0.1) is 23.7 Å². The van der Waals surface area contributed by atoms with Gasteiger partial charge in [-0.1, -0.05) is 0 Å². The van der Waals surface area contributed by atoms with E-state index >= 15 is 0 Å². The van der Waals surface area contributed by atoms with Crippen molar-refractivity contribution in [3.05, 3.63) is 41.9 Å². The van der Waals surface area contributed by atoms with Gasteiger partial charge in [-0.3, -0.25) is 9.78 Å². The average Bonchev–Trinajstić information content (AvgIpc) is 3.51. The molecule has 7 heteroatoms. The molecule has 1 aliphatic carbocycles. The molecule has 26 heavy (non-hydrogen) atoms. The highest BCUT2D eigenvalue weighted by atomic mass is 16.2. The third-order valence-corrected chi connectivity index (χ3v) is 5.22. The van der Waals surface area contributed by atoms with Gasteiger partial charge in [0, 0.05) is 31.4 Å². The van der Waals surface area contributed by atoms with E-state index in [2.05, 4.69) is 19.9 Å². The molecule has 1 unspecified atom stereocenters. The number of anilines is 1. The molecular weight excluding hydrogens is 328 g/mol. The molecule has 1 saturated carbocycles. The quantitative estimate of drug-likeness (QED) is 0.906. The maximum Gasteiger partial charge on any atom is 0.256 e. The van der Waals surface area contributed by atoms with Crippen molar-refractivity contribution in [2.24, 2.45) is 5.92 Å². The first-order valence-corrected chi connectivity index (χ1v) is 9.36. The van der Waals surface area contributed by atoms with E-state index in [0.29, 0.717) is 23.2 Å². The number of hydrogen-bond donors (Lipinski definition) is 1. The topological polar surface area (TPSA) is 97.9 Å². The normalized spacial score (nSPS) is 20.6.